The van der Waals surface area contributed by atoms with Crippen LogP contribution >= 0.6 is 12.4 Å². The van der Waals surface area contributed by atoms with Crippen molar-refractivity contribution in [3.05, 3.63) is 108 Å². The van der Waals surface area contributed by atoms with E-state index in [0.717, 1.165) is 13.1 Å². The first-order chi connectivity index (χ1) is 13.8. The van der Waals surface area contributed by atoms with Gasteiger partial charge in [-0.05, 0) is 36.1 Å². The predicted octanol–water partition coefficient (Wildman–Crippen LogP) is 2.40. The Kier molecular flexibility index (Phi) is 11.7. The topological polar surface area (TPSA) is 15.3 Å². The van der Waals surface area contributed by atoms with Gasteiger partial charge in [0.2, 0.25) is 0 Å². The molecule has 0 radical (unpaired) electrons. The number of nitrogens with zero attached hydrogens (tertiary/aromatic N) is 1. The first-order valence-electron chi connectivity index (χ1n) is 10.4. The molecule has 0 spiro atoms. The van der Waals surface area contributed by atoms with Crippen LogP contribution in [0.25, 0.3) is 0 Å². The first kappa shape index (κ1) is 28.0. The summed E-state index contributed by atoms with van der Waals surface area (Å²) in [5, 5.41) is 3.57. The molecule has 0 saturated carbocycles. The predicted molar refractivity (Wildman–Crippen MR) is 135 cm³/mol. The van der Waals surface area contributed by atoms with Gasteiger partial charge >= 0.3 is 36.2 Å². The molecular formula is C26H35AlClLiN2. The second-order valence-corrected chi connectivity index (χ2v) is 7.92. The summed E-state index contributed by atoms with van der Waals surface area (Å²) in [6.07, 6.45) is 1.19. The van der Waals surface area contributed by atoms with Crippen molar-refractivity contribution in [2.45, 2.75) is 24.9 Å². The molecular weight excluding hydrogens is 410 g/mol. The van der Waals surface area contributed by atoms with Gasteiger partial charge in [-0.1, -0.05) is 97.9 Å². The minimum absolute atomic E-state index is 0. The van der Waals surface area contributed by atoms with Gasteiger partial charge in [-0.25, -0.2) is 0 Å². The fraction of sp³-hybridized carbons (Fsp3) is 0.308. The van der Waals surface area contributed by atoms with Gasteiger partial charge < -0.3 is 11.0 Å². The van der Waals surface area contributed by atoms with E-state index in [-0.39, 0.29) is 59.9 Å². The molecule has 0 amide bonds. The summed E-state index contributed by atoms with van der Waals surface area (Å²) in [7, 11) is 2.10. The third kappa shape index (κ3) is 5.50. The summed E-state index contributed by atoms with van der Waals surface area (Å²) in [4.78, 5) is 2.69. The fourth-order valence-electron chi connectivity index (χ4n) is 4.84. The maximum absolute atomic E-state index is 3.57. The third-order valence-corrected chi connectivity index (χ3v) is 6.38. The van der Waals surface area contributed by atoms with Crippen molar-refractivity contribution in [2.75, 3.05) is 20.1 Å². The minimum atomic E-state index is -0.293. The molecule has 2 nitrogen and oxygen atoms in total. The summed E-state index contributed by atoms with van der Waals surface area (Å²) >= 11 is 0. The van der Waals surface area contributed by atoms with Gasteiger partial charge in [0.1, 0.15) is 0 Å². The Balaban J connectivity index is -0.000000686. The molecule has 3 aromatic rings. The van der Waals surface area contributed by atoms with E-state index in [2.05, 4.69) is 115 Å². The van der Waals surface area contributed by atoms with Gasteiger partial charge in [-0.15, -0.1) is 12.4 Å². The third-order valence-electron chi connectivity index (χ3n) is 6.38. The molecule has 1 saturated heterocycles. The Morgan fingerprint density at radius 2 is 1.19 bits per heavy atom. The largest absolute Gasteiger partial charge is 3.00 e. The molecule has 5 heteroatoms. The second-order valence-electron chi connectivity index (χ2n) is 7.92. The van der Waals surface area contributed by atoms with Crippen LogP contribution in [0.15, 0.2) is 91.0 Å². The van der Waals surface area contributed by atoms with E-state index >= 15 is 0 Å². The molecule has 1 aliphatic heterocycles. The smallest absolute Gasteiger partial charge is 1.00 e. The zero-order chi connectivity index (χ0) is 19.4. The number of halogens is 1. The molecule has 1 fully saturated rings. The molecule has 2 unspecified atom stereocenters. The van der Waals surface area contributed by atoms with Crippen LogP contribution in [0.3, 0.4) is 0 Å². The van der Waals surface area contributed by atoms with Crippen molar-refractivity contribution in [1.29, 1.82) is 0 Å². The maximum atomic E-state index is 3.57. The van der Waals surface area contributed by atoms with Crippen molar-refractivity contribution in [3.8, 4) is 0 Å². The number of hydrogen-bond acceptors (Lipinski definition) is 2. The van der Waals surface area contributed by atoms with E-state index in [4.69, 9.17) is 0 Å². The molecule has 2 atom stereocenters. The van der Waals surface area contributed by atoms with Gasteiger partial charge in [-0.3, -0.25) is 4.90 Å². The molecule has 4 rings (SSSR count). The minimum Gasteiger partial charge on any atom is -1.00 e. The van der Waals surface area contributed by atoms with E-state index in [9.17, 15) is 0 Å². The second kappa shape index (κ2) is 12.9. The number of benzene rings is 3. The van der Waals surface area contributed by atoms with Crippen LogP contribution in [0.1, 0.15) is 35.7 Å². The maximum Gasteiger partial charge on any atom is 3.00 e. The summed E-state index contributed by atoms with van der Waals surface area (Å²) < 4.78 is 0. The average Bonchev–Trinajstić information content (AvgIpc) is 2.77. The molecule has 0 aromatic heterocycles. The first-order valence-corrected chi connectivity index (χ1v) is 10.4. The van der Waals surface area contributed by atoms with E-state index in [0.29, 0.717) is 12.0 Å². The van der Waals surface area contributed by atoms with Gasteiger partial charge in [0.15, 0.2) is 0 Å². The summed E-state index contributed by atoms with van der Waals surface area (Å²) in [5.74, 6) is 0.682. The zero-order valence-electron chi connectivity index (χ0n) is 22.9. The molecule has 0 aliphatic carbocycles. The number of likely N-dealkylation sites (tertiary alicyclic amines) is 1. The van der Waals surface area contributed by atoms with E-state index < -0.39 is 0 Å². The van der Waals surface area contributed by atoms with Crippen molar-refractivity contribution in [2.24, 2.45) is 5.92 Å². The van der Waals surface area contributed by atoms with E-state index in [1.54, 1.807) is 0 Å². The number of nitrogens with one attached hydrogen (secondary N) is 1. The summed E-state index contributed by atoms with van der Waals surface area (Å²) in [5.41, 5.74) is 3.70. The number of rotatable bonds is 5. The van der Waals surface area contributed by atoms with Crippen LogP contribution in [-0.2, 0) is 5.54 Å². The summed E-state index contributed by atoms with van der Waals surface area (Å²) in [6, 6.07) is 33.5. The van der Waals surface area contributed by atoms with Crippen LogP contribution < -0.4 is 24.2 Å². The Labute approximate surface area is 222 Å². The van der Waals surface area contributed by atoms with Crippen LogP contribution in [-0.4, -0.2) is 48.4 Å². The molecule has 1 N–H and O–H groups in total. The van der Waals surface area contributed by atoms with Crippen LogP contribution in [0.4, 0.5) is 0 Å². The van der Waals surface area contributed by atoms with Crippen LogP contribution in [0, 0.1) is 5.92 Å². The van der Waals surface area contributed by atoms with Crippen LogP contribution in [0.2, 0.25) is 0 Å². The fourth-order valence-corrected chi connectivity index (χ4v) is 4.84. The zero-order valence-corrected chi connectivity index (χ0v) is 20.8. The van der Waals surface area contributed by atoms with Gasteiger partial charge in [0.25, 0.3) is 0 Å². The Morgan fingerprint density at radius 1 is 0.806 bits per heavy atom. The molecule has 1 heterocycles. The normalized spacial score (nSPS) is 18.8. The molecule has 160 valence electrons. The number of hydrogen-bond donors (Lipinski definition) is 1. The molecule has 31 heavy (non-hydrogen) atoms. The quantitative estimate of drug-likeness (QED) is 0.480. The van der Waals surface area contributed by atoms with Gasteiger partial charge in [-0.2, -0.15) is 0 Å². The molecule has 1 aliphatic rings. The Hall–Kier alpha value is -1.00. The van der Waals surface area contributed by atoms with Crippen molar-refractivity contribution >= 4 is 29.8 Å². The Bertz CT molecular complexity index is 801. The van der Waals surface area contributed by atoms with E-state index in [1.165, 1.54) is 23.1 Å². The van der Waals surface area contributed by atoms with Crippen molar-refractivity contribution in [1.82, 2.24) is 10.2 Å². The van der Waals surface area contributed by atoms with Crippen LogP contribution in [0.5, 0.6) is 0 Å². The van der Waals surface area contributed by atoms with Gasteiger partial charge in [0.05, 0.1) is 5.54 Å². The van der Waals surface area contributed by atoms with E-state index in [1.807, 2.05) is 0 Å². The average molecular weight is 445 g/mol. The Morgan fingerprint density at radius 3 is 1.55 bits per heavy atom. The summed E-state index contributed by atoms with van der Waals surface area (Å²) in [6.45, 7) is 4.47. The van der Waals surface area contributed by atoms with Crippen molar-refractivity contribution < 1.29 is 24.6 Å². The number of piperidine rings is 1. The standard InChI is InChI=1S/C26H30N2.Al.ClH.Li.4H/c1-21-18-19-28(20-25(21)27-2)26(22-12-6-3-7-13-22,23-14-8-4-9-15-23)24-16-10-5-11-17-24;;;;;;;/h3-17,21,25,27H,18-20H2,1-2H3;;1H;;;;;/q;+3;;+1;4*-1. The monoisotopic (exact) mass is 444 g/mol. The molecule has 3 aromatic carbocycles. The van der Waals surface area contributed by atoms with Crippen molar-refractivity contribution in [3.63, 3.8) is 0 Å². The number of likely N-dealkylation sites (N-methyl/N-ethyl adjacent to an activating group) is 1. The SMILES string of the molecule is CNC1CN(C(c2ccccc2)(c2ccccc2)c2ccccc2)CCC1C.Cl.[Al+3].[H-].[H-].[H-].[H-].[Li+]. The molecule has 0 bridgehead atoms. The van der Waals surface area contributed by atoms with Gasteiger partial charge in [0, 0.05) is 19.1 Å².